The third-order valence-corrected chi connectivity index (χ3v) is 3.19. The third kappa shape index (κ3) is 3.12. The van der Waals surface area contributed by atoms with Crippen LogP contribution in [0.25, 0.3) is 0 Å². The van der Waals surface area contributed by atoms with Crippen LogP contribution in [0.2, 0.25) is 0 Å². The maximum absolute atomic E-state index is 9.76. The summed E-state index contributed by atoms with van der Waals surface area (Å²) in [6, 6.07) is 14.1. The van der Waals surface area contributed by atoms with Crippen molar-refractivity contribution in [2.45, 2.75) is 26.4 Å². The van der Waals surface area contributed by atoms with Gasteiger partial charge in [-0.3, -0.25) is 4.98 Å². The molecule has 0 spiro atoms. The lowest BCUT2D eigenvalue weighted by atomic mass is 10.2. The van der Waals surface area contributed by atoms with Gasteiger partial charge in [0.2, 0.25) is 0 Å². The number of benzene rings is 1. The number of pyridine rings is 1. The molecule has 0 amide bonds. The first-order valence-electron chi connectivity index (χ1n) is 6.72. The first-order valence-corrected chi connectivity index (χ1v) is 6.72. The summed E-state index contributed by atoms with van der Waals surface area (Å²) in [6.45, 7) is 4.94. The SMILES string of the molecule is CCC(O)c1ccc(N(CC)c2ccccc2)cn1. The van der Waals surface area contributed by atoms with Crippen LogP contribution in [0.4, 0.5) is 11.4 Å². The smallest absolute Gasteiger partial charge is 0.0957 e. The molecule has 0 aliphatic carbocycles. The number of aromatic nitrogens is 1. The summed E-state index contributed by atoms with van der Waals surface area (Å²) in [5.41, 5.74) is 2.92. The van der Waals surface area contributed by atoms with Gasteiger partial charge in [0.15, 0.2) is 0 Å². The second kappa shape index (κ2) is 6.34. The van der Waals surface area contributed by atoms with Gasteiger partial charge in [0, 0.05) is 12.2 Å². The fourth-order valence-corrected chi connectivity index (χ4v) is 2.09. The standard InChI is InChI=1S/C16H20N2O/c1-3-16(19)15-11-10-14(12-17-15)18(4-2)13-8-6-5-7-9-13/h5-12,16,19H,3-4H2,1-2H3. The Balaban J connectivity index is 2.25. The quantitative estimate of drug-likeness (QED) is 0.886. The van der Waals surface area contributed by atoms with Crippen molar-refractivity contribution in [2.75, 3.05) is 11.4 Å². The summed E-state index contributed by atoms with van der Waals surface area (Å²) in [4.78, 5) is 6.54. The average Bonchev–Trinajstić information content (AvgIpc) is 2.49. The van der Waals surface area contributed by atoms with E-state index in [4.69, 9.17) is 0 Å². The maximum Gasteiger partial charge on any atom is 0.0957 e. The van der Waals surface area contributed by atoms with Crippen molar-refractivity contribution in [3.8, 4) is 0 Å². The molecule has 0 bridgehead atoms. The number of hydrogen-bond donors (Lipinski definition) is 1. The zero-order chi connectivity index (χ0) is 13.7. The molecule has 1 heterocycles. The first kappa shape index (κ1) is 13.6. The van der Waals surface area contributed by atoms with Crippen molar-refractivity contribution in [3.05, 3.63) is 54.4 Å². The minimum Gasteiger partial charge on any atom is -0.387 e. The molecule has 2 aromatic rings. The number of para-hydroxylation sites is 1. The Labute approximate surface area is 114 Å². The minimum absolute atomic E-state index is 0.471. The van der Waals surface area contributed by atoms with Gasteiger partial charge in [0.1, 0.15) is 0 Å². The normalized spacial score (nSPS) is 12.2. The molecule has 0 fully saturated rings. The molecule has 0 saturated carbocycles. The summed E-state index contributed by atoms with van der Waals surface area (Å²) in [5, 5.41) is 9.76. The molecule has 1 unspecified atom stereocenters. The Kier molecular flexibility index (Phi) is 4.53. The predicted octanol–water partition coefficient (Wildman–Crippen LogP) is 3.68. The highest BCUT2D eigenvalue weighted by Crippen LogP contribution is 2.25. The van der Waals surface area contributed by atoms with Crippen molar-refractivity contribution in [1.82, 2.24) is 4.98 Å². The van der Waals surface area contributed by atoms with Crippen LogP contribution in [0.1, 0.15) is 32.1 Å². The van der Waals surface area contributed by atoms with E-state index in [1.165, 1.54) is 0 Å². The first-order chi connectivity index (χ1) is 9.26. The number of aliphatic hydroxyl groups is 1. The van der Waals surface area contributed by atoms with Crippen molar-refractivity contribution >= 4 is 11.4 Å². The Morgan fingerprint density at radius 1 is 1.05 bits per heavy atom. The van der Waals surface area contributed by atoms with Crippen LogP contribution in [-0.2, 0) is 0 Å². The molecule has 3 nitrogen and oxygen atoms in total. The average molecular weight is 256 g/mol. The zero-order valence-electron chi connectivity index (χ0n) is 11.5. The zero-order valence-corrected chi connectivity index (χ0v) is 11.5. The Hall–Kier alpha value is -1.87. The molecule has 1 aromatic carbocycles. The molecule has 3 heteroatoms. The Morgan fingerprint density at radius 3 is 2.32 bits per heavy atom. The lowest BCUT2D eigenvalue weighted by molar-refractivity contribution is 0.169. The fraction of sp³-hybridized carbons (Fsp3) is 0.312. The summed E-state index contributed by atoms with van der Waals surface area (Å²) in [6.07, 6.45) is 2.04. The monoisotopic (exact) mass is 256 g/mol. The molecule has 0 aliphatic rings. The highest BCUT2D eigenvalue weighted by Gasteiger charge is 2.09. The lowest BCUT2D eigenvalue weighted by Gasteiger charge is -2.23. The van der Waals surface area contributed by atoms with E-state index in [0.29, 0.717) is 6.42 Å². The summed E-state index contributed by atoms with van der Waals surface area (Å²) < 4.78 is 0. The lowest BCUT2D eigenvalue weighted by Crippen LogP contribution is -2.16. The number of anilines is 2. The largest absolute Gasteiger partial charge is 0.387 e. The van der Waals surface area contributed by atoms with Crippen LogP contribution in [-0.4, -0.2) is 16.6 Å². The van der Waals surface area contributed by atoms with Gasteiger partial charge in [-0.1, -0.05) is 25.1 Å². The maximum atomic E-state index is 9.76. The molecule has 1 atom stereocenters. The van der Waals surface area contributed by atoms with E-state index in [2.05, 4.69) is 28.9 Å². The predicted molar refractivity (Wildman–Crippen MR) is 78.6 cm³/mol. The van der Waals surface area contributed by atoms with Crippen LogP contribution in [0, 0.1) is 0 Å². The van der Waals surface area contributed by atoms with E-state index in [-0.39, 0.29) is 0 Å². The molecule has 0 radical (unpaired) electrons. The van der Waals surface area contributed by atoms with E-state index in [0.717, 1.165) is 23.6 Å². The van der Waals surface area contributed by atoms with Gasteiger partial charge in [-0.05, 0) is 37.6 Å². The molecule has 0 aliphatic heterocycles. The second-order valence-electron chi connectivity index (χ2n) is 4.45. The minimum atomic E-state index is -0.471. The third-order valence-electron chi connectivity index (χ3n) is 3.19. The number of rotatable bonds is 5. The van der Waals surface area contributed by atoms with Crippen LogP contribution in [0.15, 0.2) is 48.7 Å². The Bertz CT molecular complexity index is 496. The molecule has 0 saturated heterocycles. The van der Waals surface area contributed by atoms with Gasteiger partial charge < -0.3 is 10.0 Å². The van der Waals surface area contributed by atoms with Crippen LogP contribution in [0.5, 0.6) is 0 Å². The van der Waals surface area contributed by atoms with Crippen molar-refractivity contribution in [3.63, 3.8) is 0 Å². The van der Waals surface area contributed by atoms with Gasteiger partial charge in [-0.15, -0.1) is 0 Å². The fourth-order valence-electron chi connectivity index (χ4n) is 2.09. The topological polar surface area (TPSA) is 36.4 Å². The summed E-state index contributed by atoms with van der Waals surface area (Å²) in [5.74, 6) is 0. The van der Waals surface area contributed by atoms with Gasteiger partial charge in [0.05, 0.1) is 23.7 Å². The highest BCUT2D eigenvalue weighted by atomic mass is 16.3. The summed E-state index contributed by atoms with van der Waals surface area (Å²) in [7, 11) is 0. The van der Waals surface area contributed by atoms with E-state index in [1.807, 2.05) is 43.5 Å². The van der Waals surface area contributed by atoms with Gasteiger partial charge >= 0.3 is 0 Å². The second-order valence-corrected chi connectivity index (χ2v) is 4.45. The van der Waals surface area contributed by atoms with E-state index < -0.39 is 6.10 Å². The van der Waals surface area contributed by atoms with Gasteiger partial charge in [-0.2, -0.15) is 0 Å². The Morgan fingerprint density at radius 2 is 1.79 bits per heavy atom. The summed E-state index contributed by atoms with van der Waals surface area (Å²) >= 11 is 0. The number of nitrogens with zero attached hydrogens (tertiary/aromatic N) is 2. The number of aliphatic hydroxyl groups excluding tert-OH is 1. The van der Waals surface area contributed by atoms with Crippen molar-refractivity contribution in [2.24, 2.45) is 0 Å². The van der Waals surface area contributed by atoms with Crippen molar-refractivity contribution < 1.29 is 5.11 Å². The number of hydrogen-bond acceptors (Lipinski definition) is 3. The molecule has 19 heavy (non-hydrogen) atoms. The molecule has 2 rings (SSSR count). The van der Waals surface area contributed by atoms with Crippen LogP contribution in [0.3, 0.4) is 0 Å². The molecular formula is C16H20N2O. The van der Waals surface area contributed by atoms with E-state index in [1.54, 1.807) is 0 Å². The molecular weight excluding hydrogens is 236 g/mol. The molecule has 1 aromatic heterocycles. The highest BCUT2D eigenvalue weighted by molar-refractivity contribution is 5.62. The van der Waals surface area contributed by atoms with E-state index >= 15 is 0 Å². The van der Waals surface area contributed by atoms with Gasteiger partial charge in [0.25, 0.3) is 0 Å². The van der Waals surface area contributed by atoms with Crippen LogP contribution < -0.4 is 4.90 Å². The van der Waals surface area contributed by atoms with Crippen LogP contribution >= 0.6 is 0 Å². The van der Waals surface area contributed by atoms with Gasteiger partial charge in [-0.25, -0.2) is 0 Å². The van der Waals surface area contributed by atoms with E-state index in [9.17, 15) is 5.11 Å². The van der Waals surface area contributed by atoms with Crippen molar-refractivity contribution in [1.29, 1.82) is 0 Å². The molecule has 100 valence electrons. The molecule has 1 N–H and O–H groups in total.